The molecular weight excluding hydrogens is 180 g/mol. The third-order valence-electron chi connectivity index (χ3n) is 2.15. The summed E-state index contributed by atoms with van der Waals surface area (Å²) in [5.41, 5.74) is 13.1. The Labute approximate surface area is 80.3 Å². The Morgan fingerprint density at radius 3 is 2.93 bits per heavy atom. The van der Waals surface area contributed by atoms with Crippen molar-refractivity contribution in [2.24, 2.45) is 5.73 Å². The van der Waals surface area contributed by atoms with Crippen LogP contribution in [0.15, 0.2) is 23.0 Å². The molecule has 2 aromatic rings. The molecule has 5 nitrogen and oxygen atoms in total. The highest BCUT2D eigenvalue weighted by Crippen LogP contribution is 2.13. The van der Waals surface area contributed by atoms with Gasteiger partial charge in [0.15, 0.2) is 0 Å². The zero-order valence-corrected chi connectivity index (χ0v) is 7.66. The second-order valence-corrected chi connectivity index (χ2v) is 3.15. The first-order chi connectivity index (χ1) is 6.72. The van der Waals surface area contributed by atoms with Crippen LogP contribution in [0, 0.1) is 0 Å². The van der Waals surface area contributed by atoms with Gasteiger partial charge in [0, 0.05) is 18.8 Å². The molecule has 1 aromatic heterocycles. The van der Waals surface area contributed by atoms with Crippen LogP contribution in [0.3, 0.4) is 0 Å². The number of aromatic amines is 1. The van der Waals surface area contributed by atoms with Crippen LogP contribution in [-0.4, -0.2) is 16.1 Å². The summed E-state index contributed by atoms with van der Waals surface area (Å²) >= 11 is 0. The minimum Gasteiger partial charge on any atom is -0.399 e. The number of rotatable bonds is 2. The molecule has 0 radical (unpaired) electrons. The number of nitrogens with two attached hydrogens (primary N) is 2. The summed E-state index contributed by atoms with van der Waals surface area (Å²) in [5, 5.41) is 0. The summed E-state index contributed by atoms with van der Waals surface area (Å²) < 4.78 is 1.59. The van der Waals surface area contributed by atoms with Gasteiger partial charge in [0.1, 0.15) is 0 Å². The molecule has 0 spiro atoms. The molecule has 0 aliphatic carbocycles. The van der Waals surface area contributed by atoms with Gasteiger partial charge in [-0.1, -0.05) is 0 Å². The average Bonchev–Trinajstić information content (AvgIpc) is 2.45. The zero-order valence-electron chi connectivity index (χ0n) is 7.66. The first kappa shape index (κ1) is 8.83. The third kappa shape index (κ3) is 1.27. The Kier molecular flexibility index (Phi) is 2.01. The Morgan fingerprint density at radius 2 is 2.21 bits per heavy atom. The van der Waals surface area contributed by atoms with E-state index in [0.29, 0.717) is 18.8 Å². The Bertz CT molecular complexity index is 511. The summed E-state index contributed by atoms with van der Waals surface area (Å²) in [6, 6.07) is 5.31. The fourth-order valence-corrected chi connectivity index (χ4v) is 1.52. The van der Waals surface area contributed by atoms with E-state index in [0.717, 1.165) is 11.0 Å². The van der Waals surface area contributed by atoms with Gasteiger partial charge in [-0.2, -0.15) is 0 Å². The highest BCUT2D eigenvalue weighted by Gasteiger charge is 2.05. The predicted molar refractivity (Wildman–Crippen MR) is 56.0 cm³/mol. The maximum atomic E-state index is 11.5. The summed E-state index contributed by atoms with van der Waals surface area (Å²) in [7, 11) is 0. The molecule has 74 valence electrons. The molecule has 5 N–H and O–H groups in total. The quantitative estimate of drug-likeness (QED) is 0.579. The summed E-state index contributed by atoms with van der Waals surface area (Å²) in [4.78, 5) is 14.2. The van der Waals surface area contributed by atoms with Crippen LogP contribution < -0.4 is 17.2 Å². The summed E-state index contributed by atoms with van der Waals surface area (Å²) in [6.07, 6.45) is 0. The average molecular weight is 192 g/mol. The fourth-order valence-electron chi connectivity index (χ4n) is 1.52. The molecule has 2 rings (SSSR count). The van der Waals surface area contributed by atoms with Gasteiger partial charge < -0.3 is 16.5 Å². The van der Waals surface area contributed by atoms with E-state index in [9.17, 15) is 4.79 Å². The van der Waals surface area contributed by atoms with Gasteiger partial charge in [-0.3, -0.25) is 4.57 Å². The first-order valence-electron chi connectivity index (χ1n) is 4.40. The van der Waals surface area contributed by atoms with Crippen molar-refractivity contribution in [1.82, 2.24) is 9.55 Å². The monoisotopic (exact) mass is 192 g/mol. The highest BCUT2D eigenvalue weighted by molar-refractivity contribution is 5.78. The lowest BCUT2D eigenvalue weighted by Crippen LogP contribution is -2.21. The van der Waals surface area contributed by atoms with E-state index < -0.39 is 0 Å². The van der Waals surface area contributed by atoms with Crippen molar-refractivity contribution in [1.29, 1.82) is 0 Å². The fraction of sp³-hybridized carbons (Fsp3) is 0.222. The van der Waals surface area contributed by atoms with Crippen LogP contribution in [0.4, 0.5) is 5.69 Å². The zero-order chi connectivity index (χ0) is 10.1. The van der Waals surface area contributed by atoms with Gasteiger partial charge in [0.2, 0.25) is 0 Å². The number of anilines is 1. The molecule has 0 saturated heterocycles. The van der Waals surface area contributed by atoms with Gasteiger partial charge in [-0.15, -0.1) is 0 Å². The van der Waals surface area contributed by atoms with Crippen molar-refractivity contribution in [2.45, 2.75) is 6.54 Å². The Balaban J connectivity index is 2.73. The van der Waals surface area contributed by atoms with Crippen LogP contribution in [0.5, 0.6) is 0 Å². The van der Waals surface area contributed by atoms with Crippen LogP contribution in [-0.2, 0) is 6.54 Å². The molecule has 0 bridgehead atoms. The SMILES string of the molecule is NCCn1c(=O)[nH]c2ccc(N)cc21. The molecule has 1 aromatic carbocycles. The molecule has 0 aliphatic heterocycles. The maximum Gasteiger partial charge on any atom is 0.326 e. The number of nitrogens with one attached hydrogen (secondary N) is 1. The van der Waals surface area contributed by atoms with Crippen molar-refractivity contribution in [3.63, 3.8) is 0 Å². The first-order valence-corrected chi connectivity index (χ1v) is 4.40. The largest absolute Gasteiger partial charge is 0.399 e. The molecule has 14 heavy (non-hydrogen) atoms. The standard InChI is InChI=1S/C9H12N4O/c10-3-4-13-8-5-6(11)1-2-7(8)12-9(13)14/h1-2,5H,3-4,10-11H2,(H,12,14). The third-order valence-corrected chi connectivity index (χ3v) is 2.15. The molecule has 0 aliphatic rings. The summed E-state index contributed by atoms with van der Waals surface area (Å²) in [5.74, 6) is 0. The van der Waals surface area contributed by atoms with E-state index in [1.165, 1.54) is 0 Å². The van der Waals surface area contributed by atoms with Gasteiger partial charge in [0.05, 0.1) is 11.0 Å². The minimum atomic E-state index is -0.143. The number of fused-ring (bicyclic) bond motifs is 1. The lowest BCUT2D eigenvalue weighted by Gasteiger charge is -2.00. The van der Waals surface area contributed by atoms with E-state index in [1.54, 1.807) is 22.8 Å². The van der Waals surface area contributed by atoms with Crippen LogP contribution in [0.25, 0.3) is 11.0 Å². The molecular formula is C9H12N4O. The molecule has 0 amide bonds. The molecule has 5 heteroatoms. The van der Waals surface area contributed by atoms with Gasteiger partial charge in [0.25, 0.3) is 0 Å². The number of benzene rings is 1. The van der Waals surface area contributed by atoms with Gasteiger partial charge >= 0.3 is 5.69 Å². The van der Waals surface area contributed by atoms with E-state index in [1.807, 2.05) is 0 Å². The van der Waals surface area contributed by atoms with E-state index in [2.05, 4.69) is 4.98 Å². The second kappa shape index (κ2) is 3.19. The number of hydrogen-bond donors (Lipinski definition) is 3. The van der Waals surface area contributed by atoms with Crippen molar-refractivity contribution in [3.8, 4) is 0 Å². The lowest BCUT2D eigenvalue weighted by atomic mass is 10.3. The second-order valence-electron chi connectivity index (χ2n) is 3.15. The van der Waals surface area contributed by atoms with Crippen molar-refractivity contribution >= 4 is 16.7 Å². The van der Waals surface area contributed by atoms with Crippen molar-refractivity contribution in [2.75, 3.05) is 12.3 Å². The number of aromatic nitrogens is 2. The topological polar surface area (TPSA) is 89.8 Å². The van der Waals surface area contributed by atoms with Crippen molar-refractivity contribution in [3.05, 3.63) is 28.7 Å². The summed E-state index contributed by atoms with van der Waals surface area (Å²) in [6.45, 7) is 0.934. The Morgan fingerprint density at radius 1 is 1.43 bits per heavy atom. The Hall–Kier alpha value is -1.75. The molecule has 0 unspecified atom stereocenters. The molecule has 1 heterocycles. The molecule has 0 saturated carbocycles. The maximum absolute atomic E-state index is 11.5. The number of nitrogens with zero attached hydrogens (tertiary/aromatic N) is 1. The highest BCUT2D eigenvalue weighted by atomic mass is 16.1. The van der Waals surface area contributed by atoms with Gasteiger partial charge in [-0.25, -0.2) is 4.79 Å². The molecule has 0 atom stereocenters. The van der Waals surface area contributed by atoms with E-state index in [-0.39, 0.29) is 5.69 Å². The number of imidazole rings is 1. The van der Waals surface area contributed by atoms with Crippen molar-refractivity contribution < 1.29 is 0 Å². The number of hydrogen-bond acceptors (Lipinski definition) is 3. The van der Waals surface area contributed by atoms with E-state index in [4.69, 9.17) is 11.5 Å². The lowest BCUT2D eigenvalue weighted by molar-refractivity contribution is 0.703. The number of H-pyrrole nitrogens is 1. The van der Waals surface area contributed by atoms with Crippen LogP contribution in [0.2, 0.25) is 0 Å². The number of nitrogen functional groups attached to an aromatic ring is 1. The minimum absolute atomic E-state index is 0.143. The van der Waals surface area contributed by atoms with Crippen LogP contribution >= 0.6 is 0 Å². The normalized spacial score (nSPS) is 10.9. The molecule has 0 fully saturated rings. The smallest absolute Gasteiger partial charge is 0.326 e. The van der Waals surface area contributed by atoms with Gasteiger partial charge in [-0.05, 0) is 18.2 Å². The predicted octanol–water partition coefficient (Wildman–Crippen LogP) is -0.129. The van der Waals surface area contributed by atoms with E-state index >= 15 is 0 Å². The van der Waals surface area contributed by atoms with Crippen LogP contribution in [0.1, 0.15) is 0 Å².